The normalized spacial score (nSPS) is 34.9. The van der Waals surface area contributed by atoms with E-state index in [0.29, 0.717) is 18.4 Å². The Labute approximate surface area is 196 Å². The van der Waals surface area contributed by atoms with Crippen molar-refractivity contribution in [2.75, 3.05) is 0 Å². The van der Waals surface area contributed by atoms with Crippen LogP contribution in [0.15, 0.2) is 24.3 Å². The minimum absolute atomic E-state index is 0.0124. The van der Waals surface area contributed by atoms with Gasteiger partial charge in [-0.05, 0) is 40.7 Å². The molecule has 1 aliphatic carbocycles. The van der Waals surface area contributed by atoms with Crippen LogP contribution in [0.3, 0.4) is 0 Å². The summed E-state index contributed by atoms with van der Waals surface area (Å²) in [6.07, 6.45) is 0.928. The Bertz CT molecular complexity index is 1090. The van der Waals surface area contributed by atoms with Crippen molar-refractivity contribution < 1.29 is 9.47 Å². The highest BCUT2D eigenvalue weighted by Gasteiger charge is 2.81. The van der Waals surface area contributed by atoms with Crippen LogP contribution in [0.25, 0.3) is 0 Å². The molecule has 4 rings (SSSR count). The number of benzene rings is 1. The molecule has 1 N–H and O–H groups in total. The number of nitriles is 3. The Morgan fingerprint density at radius 2 is 1.58 bits per heavy atom. The lowest BCUT2D eigenvalue weighted by Crippen LogP contribution is -2.61. The largest absolute Gasteiger partial charge is 0.447 e. The summed E-state index contributed by atoms with van der Waals surface area (Å²) in [7, 11) is 0. The van der Waals surface area contributed by atoms with Gasteiger partial charge in [0.1, 0.15) is 6.10 Å². The highest BCUT2D eigenvalue weighted by molar-refractivity contribution is 5.89. The molecule has 0 aromatic heterocycles. The fourth-order valence-electron chi connectivity index (χ4n) is 6.08. The second kappa shape index (κ2) is 7.06. The van der Waals surface area contributed by atoms with E-state index in [0.717, 1.165) is 12.0 Å². The molecule has 172 valence electrons. The van der Waals surface area contributed by atoms with Gasteiger partial charge in [0.05, 0.1) is 24.1 Å². The summed E-state index contributed by atoms with van der Waals surface area (Å²) in [6.45, 7) is 12.8. The molecule has 0 spiro atoms. The van der Waals surface area contributed by atoms with Crippen molar-refractivity contribution in [3.63, 3.8) is 0 Å². The third-order valence-corrected chi connectivity index (χ3v) is 8.21. The first-order valence-electron chi connectivity index (χ1n) is 11.6. The third kappa shape index (κ3) is 2.96. The number of rotatable bonds is 1. The van der Waals surface area contributed by atoms with Crippen LogP contribution in [-0.2, 0) is 14.9 Å². The lowest BCUT2D eigenvalue weighted by atomic mass is 9.49. The van der Waals surface area contributed by atoms with E-state index in [4.69, 9.17) is 14.9 Å². The van der Waals surface area contributed by atoms with Gasteiger partial charge in [-0.15, -0.1) is 0 Å². The lowest BCUT2D eigenvalue weighted by Gasteiger charge is -2.54. The molecular weight excluding hydrogens is 412 g/mol. The second-order valence-electron chi connectivity index (χ2n) is 12.0. The van der Waals surface area contributed by atoms with E-state index in [-0.39, 0.29) is 22.6 Å². The molecule has 33 heavy (non-hydrogen) atoms. The Morgan fingerprint density at radius 3 is 2.06 bits per heavy atom. The van der Waals surface area contributed by atoms with E-state index < -0.39 is 28.6 Å². The lowest BCUT2D eigenvalue weighted by molar-refractivity contribution is -0.301. The zero-order valence-electron chi connectivity index (χ0n) is 20.3. The molecule has 5 atom stereocenters. The third-order valence-electron chi connectivity index (χ3n) is 8.21. The maximum absolute atomic E-state index is 10.5. The van der Waals surface area contributed by atoms with Crippen molar-refractivity contribution >= 4 is 5.90 Å². The Morgan fingerprint density at radius 1 is 0.970 bits per heavy atom. The van der Waals surface area contributed by atoms with Gasteiger partial charge in [-0.2, -0.15) is 15.8 Å². The zero-order chi connectivity index (χ0) is 24.4. The summed E-state index contributed by atoms with van der Waals surface area (Å²) in [6, 6.07) is 14.3. The van der Waals surface area contributed by atoms with E-state index in [1.54, 1.807) is 0 Å². The van der Waals surface area contributed by atoms with Gasteiger partial charge in [0.15, 0.2) is 5.41 Å². The summed E-state index contributed by atoms with van der Waals surface area (Å²) in [5.41, 5.74) is -1.88. The number of hydrogen-bond donors (Lipinski definition) is 1. The van der Waals surface area contributed by atoms with Gasteiger partial charge in [-0.3, -0.25) is 5.41 Å². The van der Waals surface area contributed by atoms with Crippen molar-refractivity contribution in [2.24, 2.45) is 28.1 Å². The van der Waals surface area contributed by atoms with Crippen LogP contribution in [0.2, 0.25) is 0 Å². The van der Waals surface area contributed by atoms with Crippen LogP contribution in [0, 0.1) is 67.5 Å². The molecule has 2 aliphatic heterocycles. The van der Waals surface area contributed by atoms with Crippen LogP contribution >= 0.6 is 0 Å². The Balaban J connectivity index is 1.89. The summed E-state index contributed by atoms with van der Waals surface area (Å²) in [4.78, 5) is 0. The smallest absolute Gasteiger partial charge is 0.217 e. The van der Waals surface area contributed by atoms with Crippen molar-refractivity contribution in [3.8, 4) is 18.2 Å². The molecular formula is C27H32N4O2. The quantitative estimate of drug-likeness (QED) is 0.591. The number of nitrogens with one attached hydrogen (secondary N) is 1. The van der Waals surface area contributed by atoms with Gasteiger partial charge in [-0.1, -0.05) is 65.8 Å². The van der Waals surface area contributed by atoms with Gasteiger partial charge < -0.3 is 9.47 Å². The fraction of sp³-hybridized carbons (Fsp3) is 0.630. The minimum atomic E-state index is -1.90. The standard InChI is InChI=1S/C27H32N4O2/c1-23(2,3)18-9-7-17(8-10-18)21-25(14-28,15-29)26(16-30)20-13-19(24(4,5)6)11-12-27(20,32-21)33-22(26)31/h7-10,19-21,31H,11-13H2,1-6H3. The average Bonchev–Trinajstić information content (AvgIpc) is 2.96. The first-order chi connectivity index (χ1) is 15.3. The molecule has 0 radical (unpaired) electrons. The van der Waals surface area contributed by atoms with Crippen molar-refractivity contribution in [3.05, 3.63) is 35.4 Å². The Hall–Kier alpha value is -2.88. The van der Waals surface area contributed by atoms with E-state index in [2.05, 4.69) is 59.8 Å². The van der Waals surface area contributed by atoms with E-state index >= 15 is 0 Å². The molecule has 2 saturated heterocycles. The van der Waals surface area contributed by atoms with Gasteiger partial charge in [-0.25, -0.2) is 0 Å². The summed E-state index contributed by atoms with van der Waals surface area (Å²) < 4.78 is 12.6. The maximum atomic E-state index is 10.5. The first kappa shape index (κ1) is 23.3. The summed E-state index contributed by atoms with van der Waals surface area (Å²) >= 11 is 0. The first-order valence-corrected chi connectivity index (χ1v) is 11.6. The van der Waals surface area contributed by atoms with Gasteiger partial charge >= 0.3 is 0 Å². The highest BCUT2D eigenvalue weighted by atomic mass is 16.7. The predicted molar refractivity (Wildman–Crippen MR) is 123 cm³/mol. The van der Waals surface area contributed by atoms with Gasteiger partial charge in [0.25, 0.3) is 0 Å². The van der Waals surface area contributed by atoms with E-state index in [1.807, 2.05) is 24.3 Å². The van der Waals surface area contributed by atoms with Crippen molar-refractivity contribution in [2.45, 2.75) is 78.1 Å². The Kier molecular flexibility index (Phi) is 4.98. The molecule has 2 bridgehead atoms. The molecule has 1 saturated carbocycles. The van der Waals surface area contributed by atoms with E-state index in [1.165, 1.54) is 0 Å². The van der Waals surface area contributed by atoms with Crippen LogP contribution in [0.5, 0.6) is 0 Å². The maximum Gasteiger partial charge on any atom is 0.217 e. The monoisotopic (exact) mass is 444 g/mol. The van der Waals surface area contributed by atoms with Crippen LogP contribution in [0.4, 0.5) is 0 Å². The second-order valence-corrected chi connectivity index (χ2v) is 12.0. The molecule has 0 amide bonds. The zero-order valence-corrected chi connectivity index (χ0v) is 20.3. The van der Waals surface area contributed by atoms with E-state index in [9.17, 15) is 15.8 Å². The molecule has 6 heteroatoms. The van der Waals surface area contributed by atoms with Crippen molar-refractivity contribution in [1.29, 1.82) is 21.2 Å². The SMILES string of the molecule is CC(C)(C)c1ccc(C2OC34CCC(C(C)(C)C)CC3C(C#N)(C(=N)O4)C2(C#N)C#N)cc1. The summed E-state index contributed by atoms with van der Waals surface area (Å²) in [5.74, 6) is -1.76. The van der Waals surface area contributed by atoms with Crippen LogP contribution in [-0.4, -0.2) is 11.7 Å². The molecule has 1 aromatic rings. The number of ether oxygens (including phenoxy) is 2. The molecule has 2 heterocycles. The van der Waals surface area contributed by atoms with Crippen LogP contribution in [0.1, 0.15) is 78.0 Å². The van der Waals surface area contributed by atoms with Crippen LogP contribution < -0.4 is 0 Å². The molecule has 1 aromatic carbocycles. The number of hydrogen-bond acceptors (Lipinski definition) is 6. The van der Waals surface area contributed by atoms with Gasteiger partial charge in [0.2, 0.25) is 17.1 Å². The fourth-order valence-corrected chi connectivity index (χ4v) is 6.08. The molecule has 3 fully saturated rings. The number of nitrogens with zero attached hydrogens (tertiary/aromatic N) is 3. The average molecular weight is 445 g/mol. The molecule has 5 unspecified atom stereocenters. The molecule has 6 nitrogen and oxygen atoms in total. The topological polar surface area (TPSA) is 114 Å². The molecule has 3 aliphatic rings. The highest BCUT2D eigenvalue weighted by Crippen LogP contribution is 2.70. The minimum Gasteiger partial charge on any atom is -0.447 e. The predicted octanol–water partition coefficient (Wildman–Crippen LogP) is 5.77. The van der Waals surface area contributed by atoms with Crippen molar-refractivity contribution in [1.82, 2.24) is 0 Å². The summed E-state index contributed by atoms with van der Waals surface area (Å²) in [5, 5.41) is 40.2. The van der Waals surface area contributed by atoms with Gasteiger partial charge in [0, 0.05) is 6.42 Å².